The first-order valence-corrected chi connectivity index (χ1v) is 26.3. The number of hydrogen-bond acceptors (Lipinski definition) is 11. The second-order valence-corrected chi connectivity index (χ2v) is 18.9. The van der Waals surface area contributed by atoms with E-state index in [1.165, 1.54) is 0 Å². The lowest BCUT2D eigenvalue weighted by Crippen LogP contribution is -2.37. The molecule has 2 aliphatic heterocycles. The van der Waals surface area contributed by atoms with Crippen molar-refractivity contribution in [3.8, 4) is 11.3 Å². The van der Waals surface area contributed by atoms with Crippen molar-refractivity contribution in [2.75, 3.05) is 78.2 Å². The van der Waals surface area contributed by atoms with Crippen molar-refractivity contribution in [3.05, 3.63) is 87.6 Å². The van der Waals surface area contributed by atoms with Crippen molar-refractivity contribution in [3.63, 3.8) is 0 Å². The second kappa shape index (κ2) is 31.3. The minimum absolute atomic E-state index is 0.0312. The summed E-state index contributed by atoms with van der Waals surface area (Å²) in [5.74, 6) is 0.946. The Hall–Kier alpha value is -6.18. The van der Waals surface area contributed by atoms with Gasteiger partial charge in [-0.05, 0) is 80.3 Å². The van der Waals surface area contributed by atoms with Crippen LogP contribution in [0.4, 0.5) is 16.2 Å². The van der Waals surface area contributed by atoms with E-state index in [-0.39, 0.29) is 42.3 Å². The molecular formula is C51H69N12O8S+. The zero-order valence-corrected chi connectivity index (χ0v) is 41.9. The number of carbonyl (C=O) groups is 4. The molecular weight excluding hydrogens is 941 g/mol. The molecule has 5 N–H and O–H groups in total. The zero-order valence-electron chi connectivity index (χ0n) is 41.1. The monoisotopic (exact) mass is 1010 g/mol. The van der Waals surface area contributed by atoms with Crippen molar-refractivity contribution in [2.24, 2.45) is 10.2 Å². The maximum absolute atomic E-state index is 12.6. The fourth-order valence-electron chi connectivity index (χ4n) is 8.91. The molecule has 2 fully saturated rings. The fraction of sp³-hybridized carbons (Fsp3) is 0.549. The van der Waals surface area contributed by atoms with Crippen LogP contribution in [0, 0.1) is 0 Å². The van der Waals surface area contributed by atoms with E-state index in [2.05, 4.69) is 51.2 Å². The Bertz CT molecular complexity index is 2490. The molecule has 0 bridgehead atoms. The van der Waals surface area contributed by atoms with Gasteiger partial charge in [-0.1, -0.05) is 53.0 Å². The number of rotatable bonds is 35. The Labute approximate surface area is 424 Å². The van der Waals surface area contributed by atoms with Crippen LogP contribution in [0.5, 0.6) is 0 Å². The average Bonchev–Trinajstić information content (AvgIpc) is 3.95. The number of fused-ring (bicyclic) bond motifs is 4. The highest BCUT2D eigenvalue weighted by Crippen LogP contribution is 2.36. The summed E-state index contributed by atoms with van der Waals surface area (Å²) in [7, 11) is 0. The SMILES string of the molecule is [N-]=[N+]=Nc1ccc2c(c1)c(-c1ccccc1)[n+](CCCCCC(=O)NCCOCCOCCOCCOCCC(=O)NCCCCCNC(=O)CCCC[C@@H]1SC[C@@H]3NC(=O)N[C@@H]31)c1cc(N=[N+]=[N-])ccc21. The molecule has 386 valence electrons. The van der Waals surface area contributed by atoms with Crippen LogP contribution >= 0.6 is 11.8 Å². The van der Waals surface area contributed by atoms with E-state index < -0.39 is 0 Å². The number of nitrogens with one attached hydrogen (secondary N) is 5. The lowest BCUT2D eigenvalue weighted by atomic mass is 9.98. The van der Waals surface area contributed by atoms with E-state index >= 15 is 0 Å². The number of ether oxygens (including phenoxy) is 4. The average molecular weight is 1010 g/mol. The van der Waals surface area contributed by atoms with Gasteiger partial charge in [0.2, 0.25) is 28.9 Å². The van der Waals surface area contributed by atoms with E-state index in [9.17, 15) is 19.2 Å². The van der Waals surface area contributed by atoms with Crippen LogP contribution in [0.25, 0.3) is 53.8 Å². The molecule has 0 aliphatic carbocycles. The first-order valence-electron chi connectivity index (χ1n) is 25.2. The quantitative estimate of drug-likeness (QED) is 0.00566. The van der Waals surface area contributed by atoms with Gasteiger partial charge in [0.1, 0.15) is 6.54 Å². The molecule has 6 rings (SSSR count). The van der Waals surface area contributed by atoms with Gasteiger partial charge in [-0.3, -0.25) is 14.4 Å². The number of unbranched alkanes of at least 4 members (excludes halogenated alkanes) is 5. The van der Waals surface area contributed by atoms with Gasteiger partial charge in [-0.25, -0.2) is 4.79 Å². The summed E-state index contributed by atoms with van der Waals surface area (Å²) in [6, 6.07) is 21.7. The Morgan fingerprint density at radius 1 is 0.625 bits per heavy atom. The van der Waals surface area contributed by atoms with Crippen LogP contribution < -0.4 is 31.2 Å². The van der Waals surface area contributed by atoms with Crippen molar-refractivity contribution in [1.29, 1.82) is 0 Å². The van der Waals surface area contributed by atoms with Crippen LogP contribution in [0.3, 0.4) is 0 Å². The van der Waals surface area contributed by atoms with E-state index in [1.807, 2.05) is 66.4 Å². The molecule has 3 aromatic carbocycles. The molecule has 3 heterocycles. The molecule has 3 atom stereocenters. The number of aromatic nitrogens is 1. The molecule has 5 amide bonds. The number of pyridine rings is 1. The van der Waals surface area contributed by atoms with Crippen LogP contribution in [-0.2, 0) is 39.9 Å². The number of benzene rings is 3. The Balaban J connectivity index is 0.717. The van der Waals surface area contributed by atoms with Crippen LogP contribution in [0.1, 0.15) is 77.0 Å². The lowest BCUT2D eigenvalue weighted by molar-refractivity contribution is -0.659. The third-order valence-electron chi connectivity index (χ3n) is 12.5. The number of urea groups is 1. The molecule has 0 unspecified atom stereocenters. The van der Waals surface area contributed by atoms with Crippen molar-refractivity contribution < 1.29 is 42.7 Å². The van der Waals surface area contributed by atoms with Crippen molar-refractivity contribution in [2.45, 2.75) is 101 Å². The smallest absolute Gasteiger partial charge is 0.315 e. The normalized spacial score (nSPS) is 15.8. The number of hydrogen-bond donors (Lipinski definition) is 5. The van der Waals surface area contributed by atoms with Gasteiger partial charge in [0, 0.05) is 94.5 Å². The first-order chi connectivity index (χ1) is 35.3. The summed E-state index contributed by atoms with van der Waals surface area (Å²) in [4.78, 5) is 54.4. The Morgan fingerprint density at radius 3 is 1.89 bits per heavy atom. The molecule has 0 radical (unpaired) electrons. The largest absolute Gasteiger partial charge is 0.379 e. The van der Waals surface area contributed by atoms with Gasteiger partial charge in [0.25, 0.3) is 0 Å². The van der Waals surface area contributed by atoms with Crippen LogP contribution in [0.15, 0.2) is 77.0 Å². The molecule has 0 spiro atoms. The van der Waals surface area contributed by atoms with E-state index in [1.54, 1.807) is 12.1 Å². The standard InChI is InChI=1S/C51H68N12O8S/c52-61-59-38-17-19-40-41-20-18-39(60-62-53)35-44(41)63(50(42(40)34-38)37-12-4-1-5-13-37)25-11-2-6-15-47(65)56-24-27-69-29-31-71-33-32-70-30-28-68-26-21-48(66)55-23-10-3-9-22-54-46(64)16-8-7-14-45-49-43(36-72-45)57-51(67)58-49/h1,4-5,12-13,17-20,34-35,43,45,49H,2-3,6-11,14-16,21-33,36H2,(H4-,54,55,56,57,58,64,65,66,67)/p+1/t43-,45-,49-/m0/s1. The Morgan fingerprint density at radius 2 is 1.21 bits per heavy atom. The maximum atomic E-state index is 12.6. The highest BCUT2D eigenvalue weighted by Gasteiger charge is 2.42. The highest BCUT2D eigenvalue weighted by atomic mass is 32.2. The summed E-state index contributed by atoms with van der Waals surface area (Å²) in [6.07, 6.45) is 8.97. The molecule has 20 nitrogen and oxygen atoms in total. The summed E-state index contributed by atoms with van der Waals surface area (Å²) >= 11 is 1.90. The fourth-order valence-corrected chi connectivity index (χ4v) is 10.5. The predicted molar refractivity (Wildman–Crippen MR) is 278 cm³/mol. The number of nitrogens with zero attached hydrogens (tertiary/aromatic N) is 7. The van der Waals surface area contributed by atoms with Crippen LogP contribution in [-0.4, -0.2) is 119 Å². The van der Waals surface area contributed by atoms with Crippen molar-refractivity contribution >= 4 is 68.6 Å². The number of aryl methyl sites for hydroxylation is 1. The molecule has 0 saturated carbocycles. The van der Waals surface area contributed by atoms with E-state index in [4.69, 9.17) is 30.0 Å². The van der Waals surface area contributed by atoms with E-state index in [0.717, 1.165) is 90.1 Å². The van der Waals surface area contributed by atoms with Gasteiger partial charge >= 0.3 is 6.03 Å². The van der Waals surface area contributed by atoms with Gasteiger partial charge < -0.3 is 45.5 Å². The summed E-state index contributed by atoms with van der Waals surface area (Å²) in [5.41, 5.74) is 22.2. The van der Waals surface area contributed by atoms with Gasteiger partial charge in [-0.15, -0.1) is 0 Å². The minimum atomic E-state index is -0.0675. The minimum Gasteiger partial charge on any atom is -0.379 e. The molecule has 2 aliphatic rings. The summed E-state index contributed by atoms with van der Waals surface area (Å²) in [5, 5.41) is 25.9. The molecule has 1 aromatic heterocycles. The molecule has 72 heavy (non-hydrogen) atoms. The topological polar surface area (TPSA) is 267 Å². The molecule has 21 heteroatoms. The third-order valence-corrected chi connectivity index (χ3v) is 14.0. The number of carbonyl (C=O) groups excluding carboxylic acids is 4. The summed E-state index contributed by atoms with van der Waals surface area (Å²) < 4.78 is 24.5. The Kier molecular flexibility index (Phi) is 24.0. The number of thioether (sulfide) groups is 1. The molecule has 4 aromatic rings. The van der Waals surface area contributed by atoms with Gasteiger partial charge in [0.05, 0.1) is 75.7 Å². The van der Waals surface area contributed by atoms with Gasteiger partial charge in [-0.2, -0.15) is 16.3 Å². The maximum Gasteiger partial charge on any atom is 0.315 e. The third kappa shape index (κ3) is 18.1. The molecule has 2 saturated heterocycles. The second-order valence-electron chi connectivity index (χ2n) is 17.7. The summed E-state index contributed by atoms with van der Waals surface area (Å²) in [6.45, 7) is 5.38. The van der Waals surface area contributed by atoms with E-state index in [0.29, 0.717) is 115 Å². The highest BCUT2D eigenvalue weighted by molar-refractivity contribution is 8.00. The first kappa shape index (κ1) is 55.1. The predicted octanol–water partition coefficient (Wildman–Crippen LogP) is 8.09. The van der Waals surface area contributed by atoms with Gasteiger partial charge in [0.15, 0.2) is 0 Å². The lowest BCUT2D eigenvalue weighted by Gasteiger charge is -2.16. The van der Waals surface area contributed by atoms with Crippen molar-refractivity contribution in [1.82, 2.24) is 26.6 Å². The number of amides is 5. The number of azide groups is 2. The van der Waals surface area contributed by atoms with Crippen LogP contribution in [0.2, 0.25) is 0 Å². The zero-order chi connectivity index (χ0) is 50.6.